The van der Waals surface area contributed by atoms with Crippen molar-refractivity contribution >= 4 is 0 Å². The molecule has 0 bridgehead atoms. The summed E-state index contributed by atoms with van der Waals surface area (Å²) in [6.45, 7) is 10.7. The van der Waals surface area contributed by atoms with E-state index in [2.05, 4.69) is 25.7 Å². The first-order valence-electron chi connectivity index (χ1n) is 8.69. The molecular formula is C17H36N2. The summed E-state index contributed by atoms with van der Waals surface area (Å²) in [4.78, 5) is 2.69. The van der Waals surface area contributed by atoms with E-state index in [1.165, 1.54) is 71.0 Å². The fraction of sp³-hybridized carbons (Fsp3) is 1.00. The van der Waals surface area contributed by atoms with Gasteiger partial charge >= 0.3 is 0 Å². The molecule has 0 aromatic heterocycles. The molecule has 1 fully saturated rings. The standard InChI is InChI=1S/C17H36N2/c1-4-7-11-19(12-8-5-2)14-16-13-15(6-3)9-10-17(16)18/h15-17H,4-14,18H2,1-3H3. The highest BCUT2D eigenvalue weighted by atomic mass is 15.1. The maximum absolute atomic E-state index is 6.37. The van der Waals surface area contributed by atoms with E-state index in [4.69, 9.17) is 5.73 Å². The number of nitrogens with zero attached hydrogens (tertiary/aromatic N) is 1. The highest BCUT2D eigenvalue weighted by Crippen LogP contribution is 2.31. The Morgan fingerprint density at radius 3 is 2.16 bits per heavy atom. The number of rotatable bonds is 9. The lowest BCUT2D eigenvalue weighted by Crippen LogP contribution is -2.43. The number of unbranched alkanes of at least 4 members (excludes halogenated alkanes) is 2. The second kappa shape index (κ2) is 9.77. The van der Waals surface area contributed by atoms with E-state index < -0.39 is 0 Å². The Balaban J connectivity index is 2.44. The molecule has 0 aliphatic heterocycles. The molecule has 0 saturated heterocycles. The number of hydrogen-bond acceptors (Lipinski definition) is 2. The molecule has 0 spiro atoms. The van der Waals surface area contributed by atoms with Gasteiger partial charge in [0.1, 0.15) is 0 Å². The lowest BCUT2D eigenvalue weighted by atomic mass is 9.77. The van der Waals surface area contributed by atoms with Crippen LogP contribution in [0.5, 0.6) is 0 Å². The minimum atomic E-state index is 0.452. The predicted octanol–water partition coefficient (Wildman–Crippen LogP) is 4.04. The van der Waals surface area contributed by atoms with Crippen molar-refractivity contribution in [1.82, 2.24) is 4.90 Å². The zero-order valence-electron chi connectivity index (χ0n) is 13.5. The quantitative estimate of drug-likeness (QED) is 0.684. The van der Waals surface area contributed by atoms with Crippen LogP contribution in [-0.2, 0) is 0 Å². The summed E-state index contributed by atoms with van der Waals surface area (Å²) in [6.07, 6.45) is 10.6. The fourth-order valence-electron chi connectivity index (χ4n) is 3.35. The van der Waals surface area contributed by atoms with Gasteiger partial charge in [-0.2, -0.15) is 0 Å². The van der Waals surface area contributed by atoms with Crippen LogP contribution in [0.3, 0.4) is 0 Å². The van der Waals surface area contributed by atoms with Crippen LogP contribution in [-0.4, -0.2) is 30.6 Å². The molecule has 0 amide bonds. The molecule has 3 atom stereocenters. The molecule has 1 aliphatic carbocycles. The van der Waals surface area contributed by atoms with Crippen LogP contribution in [0.25, 0.3) is 0 Å². The molecule has 3 unspecified atom stereocenters. The monoisotopic (exact) mass is 268 g/mol. The summed E-state index contributed by atoms with van der Waals surface area (Å²) in [5, 5.41) is 0. The van der Waals surface area contributed by atoms with Gasteiger partial charge in [0.2, 0.25) is 0 Å². The molecule has 0 radical (unpaired) electrons. The van der Waals surface area contributed by atoms with Crippen LogP contribution in [0, 0.1) is 11.8 Å². The lowest BCUT2D eigenvalue weighted by molar-refractivity contribution is 0.151. The van der Waals surface area contributed by atoms with Crippen LogP contribution < -0.4 is 5.73 Å². The summed E-state index contributed by atoms with van der Waals surface area (Å²) >= 11 is 0. The van der Waals surface area contributed by atoms with Gasteiger partial charge in [0, 0.05) is 12.6 Å². The van der Waals surface area contributed by atoms with E-state index in [-0.39, 0.29) is 0 Å². The maximum atomic E-state index is 6.37. The van der Waals surface area contributed by atoms with E-state index in [0.717, 1.165) is 11.8 Å². The van der Waals surface area contributed by atoms with Crippen molar-refractivity contribution in [3.05, 3.63) is 0 Å². The Morgan fingerprint density at radius 1 is 1.00 bits per heavy atom. The van der Waals surface area contributed by atoms with E-state index in [9.17, 15) is 0 Å². The van der Waals surface area contributed by atoms with Crippen molar-refractivity contribution in [2.45, 2.75) is 78.2 Å². The molecular weight excluding hydrogens is 232 g/mol. The molecule has 2 nitrogen and oxygen atoms in total. The highest BCUT2D eigenvalue weighted by molar-refractivity contribution is 4.84. The third-order valence-corrected chi connectivity index (χ3v) is 4.88. The van der Waals surface area contributed by atoms with Gasteiger partial charge in [0.15, 0.2) is 0 Å². The van der Waals surface area contributed by atoms with Crippen molar-refractivity contribution in [2.24, 2.45) is 17.6 Å². The topological polar surface area (TPSA) is 29.3 Å². The van der Waals surface area contributed by atoms with Crippen molar-refractivity contribution < 1.29 is 0 Å². The van der Waals surface area contributed by atoms with Gasteiger partial charge in [-0.3, -0.25) is 0 Å². The predicted molar refractivity (Wildman–Crippen MR) is 85.4 cm³/mol. The summed E-state index contributed by atoms with van der Waals surface area (Å²) in [6, 6.07) is 0.452. The van der Waals surface area contributed by atoms with Gasteiger partial charge in [0.05, 0.1) is 0 Å². The smallest absolute Gasteiger partial charge is 0.00795 e. The van der Waals surface area contributed by atoms with Crippen molar-refractivity contribution in [3.63, 3.8) is 0 Å². The zero-order valence-corrected chi connectivity index (χ0v) is 13.5. The summed E-state index contributed by atoms with van der Waals surface area (Å²) in [7, 11) is 0. The van der Waals surface area contributed by atoms with E-state index in [0.29, 0.717) is 6.04 Å². The normalized spacial score (nSPS) is 27.9. The largest absolute Gasteiger partial charge is 0.327 e. The fourth-order valence-corrected chi connectivity index (χ4v) is 3.35. The summed E-state index contributed by atoms with van der Waals surface area (Å²) < 4.78 is 0. The second-order valence-corrected chi connectivity index (χ2v) is 6.52. The van der Waals surface area contributed by atoms with Gasteiger partial charge in [-0.15, -0.1) is 0 Å². The Morgan fingerprint density at radius 2 is 1.63 bits per heavy atom. The van der Waals surface area contributed by atoms with Gasteiger partial charge in [-0.25, -0.2) is 0 Å². The Labute approximate surface area is 121 Å². The molecule has 19 heavy (non-hydrogen) atoms. The first-order chi connectivity index (χ1) is 9.21. The molecule has 0 aromatic rings. The van der Waals surface area contributed by atoms with Crippen LogP contribution in [0.4, 0.5) is 0 Å². The lowest BCUT2D eigenvalue weighted by Gasteiger charge is -2.37. The summed E-state index contributed by atoms with van der Waals surface area (Å²) in [5.74, 6) is 1.68. The highest BCUT2D eigenvalue weighted by Gasteiger charge is 2.28. The SMILES string of the molecule is CCCCN(CCCC)CC1CC(CC)CCC1N. The molecule has 1 rings (SSSR count). The molecule has 114 valence electrons. The van der Waals surface area contributed by atoms with Crippen molar-refractivity contribution in [3.8, 4) is 0 Å². The third-order valence-electron chi connectivity index (χ3n) is 4.88. The van der Waals surface area contributed by atoms with Crippen LogP contribution in [0.2, 0.25) is 0 Å². The van der Waals surface area contributed by atoms with Crippen molar-refractivity contribution in [1.29, 1.82) is 0 Å². The van der Waals surface area contributed by atoms with Crippen molar-refractivity contribution in [2.75, 3.05) is 19.6 Å². The molecule has 2 N–H and O–H groups in total. The van der Waals surface area contributed by atoms with Crippen LogP contribution in [0.1, 0.15) is 72.1 Å². The first-order valence-corrected chi connectivity index (χ1v) is 8.69. The van der Waals surface area contributed by atoms with Gasteiger partial charge in [0.25, 0.3) is 0 Å². The molecule has 1 saturated carbocycles. The molecule has 2 heteroatoms. The molecule has 0 aromatic carbocycles. The maximum Gasteiger partial charge on any atom is 0.00795 e. The second-order valence-electron chi connectivity index (χ2n) is 6.52. The molecule has 1 aliphatic rings. The average Bonchev–Trinajstić information content (AvgIpc) is 2.43. The van der Waals surface area contributed by atoms with E-state index >= 15 is 0 Å². The Bertz CT molecular complexity index is 209. The van der Waals surface area contributed by atoms with E-state index in [1.54, 1.807) is 0 Å². The van der Waals surface area contributed by atoms with Gasteiger partial charge in [-0.05, 0) is 57.0 Å². The Hall–Kier alpha value is -0.0800. The molecule has 0 heterocycles. The van der Waals surface area contributed by atoms with E-state index in [1.807, 2.05) is 0 Å². The number of nitrogens with two attached hydrogens (primary N) is 1. The minimum absolute atomic E-state index is 0.452. The third kappa shape index (κ3) is 6.27. The van der Waals surface area contributed by atoms with Gasteiger partial charge < -0.3 is 10.6 Å². The van der Waals surface area contributed by atoms with Crippen LogP contribution in [0.15, 0.2) is 0 Å². The van der Waals surface area contributed by atoms with Crippen LogP contribution >= 0.6 is 0 Å². The zero-order chi connectivity index (χ0) is 14.1. The first kappa shape index (κ1) is 17.0. The minimum Gasteiger partial charge on any atom is -0.327 e. The average molecular weight is 268 g/mol. The Kier molecular flexibility index (Phi) is 8.72. The number of hydrogen-bond donors (Lipinski definition) is 1. The summed E-state index contributed by atoms with van der Waals surface area (Å²) in [5.41, 5.74) is 6.37. The van der Waals surface area contributed by atoms with Gasteiger partial charge in [-0.1, -0.05) is 40.0 Å².